The molecule has 0 amide bonds. The van der Waals surface area contributed by atoms with Gasteiger partial charge in [-0.3, -0.25) is 0 Å². The van der Waals surface area contributed by atoms with Gasteiger partial charge in [-0.25, -0.2) is 9.97 Å². The minimum atomic E-state index is -4.65. The third-order valence-corrected chi connectivity index (χ3v) is 3.64. The van der Waals surface area contributed by atoms with Crippen LogP contribution in [-0.2, 0) is 12.6 Å². The lowest BCUT2D eigenvalue weighted by Gasteiger charge is -2.08. The average molecular weight is 334 g/mol. The van der Waals surface area contributed by atoms with Gasteiger partial charge in [-0.05, 0) is 25.0 Å². The molecule has 0 saturated heterocycles. The number of hydrogen-bond acceptors (Lipinski definition) is 5. The van der Waals surface area contributed by atoms with E-state index in [0.29, 0.717) is 12.0 Å². The maximum atomic E-state index is 12.5. The van der Waals surface area contributed by atoms with Gasteiger partial charge in [0.05, 0.1) is 0 Å². The van der Waals surface area contributed by atoms with Crippen molar-refractivity contribution in [3.8, 4) is 11.4 Å². The Kier molecular flexibility index (Phi) is 4.04. The maximum absolute atomic E-state index is 12.5. The highest BCUT2D eigenvalue weighted by molar-refractivity contribution is 5.55. The van der Waals surface area contributed by atoms with E-state index < -0.39 is 12.1 Å². The Morgan fingerprint density at radius 2 is 1.62 bits per heavy atom. The van der Waals surface area contributed by atoms with E-state index in [1.807, 2.05) is 26.0 Å². The minimum Gasteiger partial charge on any atom is -0.329 e. The highest BCUT2D eigenvalue weighted by atomic mass is 19.4. The van der Waals surface area contributed by atoms with Crippen molar-refractivity contribution < 1.29 is 17.7 Å². The summed E-state index contributed by atoms with van der Waals surface area (Å²) in [7, 11) is 0. The predicted molar refractivity (Wildman–Crippen MR) is 79.0 cm³/mol. The molecule has 0 spiro atoms. The second-order valence-corrected chi connectivity index (χ2v) is 5.32. The molecule has 0 aliphatic carbocycles. The molecule has 0 bridgehead atoms. The fourth-order valence-electron chi connectivity index (χ4n) is 2.31. The molecule has 2 aromatic heterocycles. The minimum absolute atomic E-state index is 0.0933. The zero-order valence-electron chi connectivity index (χ0n) is 12.9. The second kappa shape index (κ2) is 6.03. The van der Waals surface area contributed by atoms with E-state index in [1.165, 1.54) is 6.33 Å². The number of nitrogens with zero attached hydrogens (tertiary/aromatic N) is 4. The first-order valence-electron chi connectivity index (χ1n) is 7.12. The lowest BCUT2D eigenvalue weighted by atomic mass is 10.0. The Morgan fingerprint density at radius 1 is 1.00 bits per heavy atom. The summed E-state index contributed by atoms with van der Waals surface area (Å²) in [6.07, 6.45) is -2.49. The Morgan fingerprint density at radius 3 is 2.17 bits per heavy atom. The van der Waals surface area contributed by atoms with Crippen LogP contribution in [-0.4, -0.2) is 20.1 Å². The van der Waals surface area contributed by atoms with Gasteiger partial charge in [-0.15, -0.1) is 0 Å². The Balaban J connectivity index is 1.82. The monoisotopic (exact) mass is 334 g/mol. The summed E-state index contributed by atoms with van der Waals surface area (Å²) in [4.78, 5) is 11.7. The fourth-order valence-corrected chi connectivity index (χ4v) is 2.31. The molecule has 0 N–H and O–H groups in total. The molecule has 0 aliphatic rings. The second-order valence-electron chi connectivity index (χ2n) is 5.32. The van der Waals surface area contributed by atoms with Crippen LogP contribution < -0.4 is 0 Å². The molecule has 1 aromatic carbocycles. The Labute approximate surface area is 135 Å². The standard InChI is InChI=1S/C16H13F3N4O/c1-9-13(10(2)21-8-20-9)7-11-3-5-12(6-4-11)14-22-15(24-23-14)16(17,18)19/h3-6,8H,7H2,1-2H3. The Hall–Kier alpha value is -2.77. The number of aromatic nitrogens is 4. The van der Waals surface area contributed by atoms with Gasteiger partial charge in [0.2, 0.25) is 5.82 Å². The van der Waals surface area contributed by atoms with Crippen LogP contribution in [0.3, 0.4) is 0 Å². The molecule has 124 valence electrons. The van der Waals surface area contributed by atoms with Crippen molar-refractivity contribution in [2.45, 2.75) is 26.4 Å². The highest BCUT2D eigenvalue weighted by Crippen LogP contribution is 2.29. The molecule has 0 atom stereocenters. The number of hydrogen-bond donors (Lipinski definition) is 0. The maximum Gasteiger partial charge on any atom is 0.471 e. The van der Waals surface area contributed by atoms with Crippen molar-refractivity contribution in [3.05, 3.63) is 59.0 Å². The van der Waals surface area contributed by atoms with Crippen LogP contribution in [0, 0.1) is 13.8 Å². The molecule has 24 heavy (non-hydrogen) atoms. The zero-order chi connectivity index (χ0) is 17.3. The van der Waals surface area contributed by atoms with Gasteiger partial charge in [0.25, 0.3) is 0 Å². The smallest absolute Gasteiger partial charge is 0.329 e. The largest absolute Gasteiger partial charge is 0.471 e. The summed E-state index contributed by atoms with van der Waals surface area (Å²) in [5.41, 5.74) is 4.28. The van der Waals surface area contributed by atoms with Gasteiger partial charge in [0, 0.05) is 23.4 Å². The van der Waals surface area contributed by atoms with E-state index in [9.17, 15) is 13.2 Å². The number of aryl methyl sites for hydroxylation is 2. The van der Waals surface area contributed by atoms with Gasteiger partial charge in [0.1, 0.15) is 6.33 Å². The lowest BCUT2D eigenvalue weighted by Crippen LogP contribution is -2.04. The number of rotatable bonds is 3. The zero-order valence-corrected chi connectivity index (χ0v) is 12.9. The summed E-state index contributed by atoms with van der Waals surface area (Å²) in [5.74, 6) is -1.45. The van der Waals surface area contributed by atoms with Crippen LogP contribution in [0.15, 0.2) is 35.1 Å². The first kappa shape index (κ1) is 16.1. The predicted octanol–water partition coefficient (Wildman–Crippen LogP) is 3.75. The molecule has 3 rings (SSSR count). The van der Waals surface area contributed by atoms with Crippen molar-refractivity contribution in [2.75, 3.05) is 0 Å². The topological polar surface area (TPSA) is 64.7 Å². The molecule has 0 saturated carbocycles. The molecule has 8 heteroatoms. The molecule has 5 nitrogen and oxygen atoms in total. The van der Waals surface area contributed by atoms with Gasteiger partial charge >= 0.3 is 12.1 Å². The lowest BCUT2D eigenvalue weighted by molar-refractivity contribution is -0.159. The number of benzene rings is 1. The molecule has 2 heterocycles. The SMILES string of the molecule is Cc1ncnc(C)c1Cc1ccc(-c2noc(C(F)(F)F)n2)cc1. The molecular formula is C16H13F3N4O. The fraction of sp³-hybridized carbons (Fsp3) is 0.250. The van der Waals surface area contributed by atoms with E-state index in [-0.39, 0.29) is 5.82 Å². The quantitative estimate of drug-likeness (QED) is 0.730. The summed E-state index contributed by atoms with van der Waals surface area (Å²) < 4.78 is 41.7. The summed E-state index contributed by atoms with van der Waals surface area (Å²) in [6.45, 7) is 3.83. The van der Waals surface area contributed by atoms with Gasteiger partial charge in [0.15, 0.2) is 0 Å². The average Bonchev–Trinajstić information content (AvgIpc) is 3.02. The molecule has 0 radical (unpaired) electrons. The van der Waals surface area contributed by atoms with E-state index >= 15 is 0 Å². The van der Waals surface area contributed by atoms with Crippen LogP contribution in [0.1, 0.15) is 28.4 Å². The van der Waals surface area contributed by atoms with Gasteiger partial charge in [-0.2, -0.15) is 18.2 Å². The van der Waals surface area contributed by atoms with Crippen molar-refractivity contribution in [3.63, 3.8) is 0 Å². The van der Waals surface area contributed by atoms with Gasteiger partial charge < -0.3 is 4.52 Å². The van der Waals surface area contributed by atoms with E-state index in [0.717, 1.165) is 22.5 Å². The van der Waals surface area contributed by atoms with E-state index in [4.69, 9.17) is 0 Å². The van der Waals surface area contributed by atoms with Crippen LogP contribution in [0.5, 0.6) is 0 Å². The number of halogens is 3. The highest BCUT2D eigenvalue weighted by Gasteiger charge is 2.38. The third kappa shape index (κ3) is 3.27. The molecule has 3 aromatic rings. The Bertz CT molecular complexity index is 836. The normalized spacial score (nSPS) is 11.7. The molecular weight excluding hydrogens is 321 g/mol. The van der Waals surface area contributed by atoms with Crippen LogP contribution in [0.4, 0.5) is 13.2 Å². The van der Waals surface area contributed by atoms with Crippen molar-refractivity contribution >= 4 is 0 Å². The van der Waals surface area contributed by atoms with Crippen LogP contribution in [0.2, 0.25) is 0 Å². The summed E-state index contributed by atoms with van der Waals surface area (Å²) in [5, 5.41) is 3.37. The first-order valence-corrected chi connectivity index (χ1v) is 7.12. The van der Waals surface area contributed by atoms with Gasteiger partial charge in [-0.1, -0.05) is 29.4 Å². The summed E-state index contributed by atoms with van der Waals surface area (Å²) >= 11 is 0. The molecule has 0 unspecified atom stereocenters. The van der Waals surface area contributed by atoms with E-state index in [2.05, 4.69) is 24.6 Å². The van der Waals surface area contributed by atoms with Crippen molar-refractivity contribution in [1.29, 1.82) is 0 Å². The summed E-state index contributed by atoms with van der Waals surface area (Å²) in [6, 6.07) is 6.94. The first-order chi connectivity index (χ1) is 11.3. The van der Waals surface area contributed by atoms with Crippen molar-refractivity contribution in [2.24, 2.45) is 0 Å². The molecule has 0 aliphatic heterocycles. The third-order valence-electron chi connectivity index (χ3n) is 3.64. The molecule has 0 fully saturated rings. The van der Waals surface area contributed by atoms with Crippen LogP contribution in [0.25, 0.3) is 11.4 Å². The van der Waals surface area contributed by atoms with E-state index in [1.54, 1.807) is 12.1 Å². The number of alkyl halides is 3. The van der Waals surface area contributed by atoms with Crippen molar-refractivity contribution in [1.82, 2.24) is 20.1 Å². The van der Waals surface area contributed by atoms with Crippen LogP contribution >= 0.6 is 0 Å².